The number of likely N-dealkylation sites (tertiary alicyclic amines) is 1. The molecule has 5 nitrogen and oxygen atoms in total. The van der Waals surface area contributed by atoms with E-state index < -0.39 is 0 Å². The van der Waals surface area contributed by atoms with Gasteiger partial charge in [-0.3, -0.25) is 9.69 Å². The smallest absolute Gasteiger partial charge is 0.236 e. The van der Waals surface area contributed by atoms with Gasteiger partial charge in [0, 0.05) is 46.3 Å². The van der Waals surface area contributed by atoms with Gasteiger partial charge in [-0.2, -0.15) is 0 Å². The summed E-state index contributed by atoms with van der Waals surface area (Å²) in [4.78, 5) is 18.6. The molecule has 0 radical (unpaired) electrons. The summed E-state index contributed by atoms with van der Waals surface area (Å²) in [5, 5.41) is 3.31. The Morgan fingerprint density at radius 3 is 2.67 bits per heavy atom. The van der Waals surface area contributed by atoms with E-state index in [1.807, 2.05) is 11.9 Å². The van der Waals surface area contributed by atoms with Crippen LogP contribution in [0.2, 0.25) is 0 Å². The fourth-order valence-electron chi connectivity index (χ4n) is 2.85. The predicted octanol–water partition coefficient (Wildman–Crippen LogP) is -0.698. The van der Waals surface area contributed by atoms with E-state index in [9.17, 15) is 4.79 Å². The van der Waals surface area contributed by atoms with Crippen LogP contribution in [-0.2, 0) is 4.79 Å². The molecule has 104 valence electrons. The molecule has 1 amide bonds. The zero-order valence-electron chi connectivity index (χ0n) is 11.7. The average molecular weight is 254 g/mol. The molecule has 2 aliphatic heterocycles. The Balaban J connectivity index is 1.70. The number of piperazine rings is 1. The zero-order chi connectivity index (χ0) is 13.0. The van der Waals surface area contributed by atoms with Crippen molar-refractivity contribution >= 4 is 5.91 Å². The predicted molar refractivity (Wildman–Crippen MR) is 72.6 cm³/mol. The Morgan fingerprint density at radius 1 is 1.33 bits per heavy atom. The van der Waals surface area contributed by atoms with E-state index in [1.54, 1.807) is 0 Å². The maximum atomic E-state index is 12.1. The van der Waals surface area contributed by atoms with Gasteiger partial charge in [-0.05, 0) is 25.9 Å². The first-order chi connectivity index (χ1) is 8.65. The lowest BCUT2D eigenvalue weighted by Gasteiger charge is -2.29. The van der Waals surface area contributed by atoms with Crippen LogP contribution in [0.15, 0.2) is 0 Å². The number of carbonyl (C=O) groups is 1. The molecule has 2 heterocycles. The highest BCUT2D eigenvalue weighted by Crippen LogP contribution is 2.15. The highest BCUT2D eigenvalue weighted by atomic mass is 16.2. The maximum absolute atomic E-state index is 12.1. The Morgan fingerprint density at radius 2 is 2.06 bits per heavy atom. The Kier molecular flexibility index (Phi) is 4.97. The highest BCUT2D eigenvalue weighted by Gasteiger charge is 2.23. The zero-order valence-corrected chi connectivity index (χ0v) is 11.7. The molecule has 0 saturated carbocycles. The van der Waals surface area contributed by atoms with Gasteiger partial charge in [0.1, 0.15) is 0 Å². The molecule has 0 spiro atoms. The van der Waals surface area contributed by atoms with Crippen molar-refractivity contribution in [3.8, 4) is 0 Å². The van der Waals surface area contributed by atoms with E-state index >= 15 is 0 Å². The van der Waals surface area contributed by atoms with Crippen LogP contribution in [0.5, 0.6) is 0 Å². The Bertz CT molecular complexity index is 278. The van der Waals surface area contributed by atoms with Gasteiger partial charge in [0.15, 0.2) is 0 Å². The van der Waals surface area contributed by atoms with Gasteiger partial charge in [0.2, 0.25) is 5.91 Å². The van der Waals surface area contributed by atoms with E-state index in [4.69, 9.17) is 0 Å². The van der Waals surface area contributed by atoms with Crippen molar-refractivity contribution in [2.24, 2.45) is 5.92 Å². The van der Waals surface area contributed by atoms with Crippen LogP contribution in [0.3, 0.4) is 0 Å². The van der Waals surface area contributed by atoms with E-state index in [0.29, 0.717) is 12.5 Å². The molecule has 2 saturated heterocycles. The second kappa shape index (κ2) is 6.50. The lowest BCUT2D eigenvalue weighted by atomic mass is 10.1. The molecule has 2 aliphatic rings. The van der Waals surface area contributed by atoms with Crippen molar-refractivity contribution in [3.05, 3.63) is 0 Å². The number of likely N-dealkylation sites (N-methyl/N-ethyl adjacent to an activating group) is 1. The van der Waals surface area contributed by atoms with Gasteiger partial charge in [0.05, 0.1) is 6.54 Å². The van der Waals surface area contributed by atoms with Gasteiger partial charge in [-0.15, -0.1) is 0 Å². The number of rotatable bonds is 4. The molecule has 0 aliphatic carbocycles. The third-order valence-electron chi connectivity index (χ3n) is 4.02. The van der Waals surface area contributed by atoms with Gasteiger partial charge >= 0.3 is 0 Å². The SMILES string of the molecule is CN1CCC(CN(C)C(=O)CN2CCNCC2)C1. The molecule has 1 unspecified atom stereocenters. The van der Waals surface area contributed by atoms with Crippen LogP contribution in [0.25, 0.3) is 0 Å². The largest absolute Gasteiger partial charge is 0.344 e. The van der Waals surface area contributed by atoms with Crippen molar-refractivity contribution < 1.29 is 4.79 Å². The van der Waals surface area contributed by atoms with Crippen molar-refractivity contribution in [2.75, 3.05) is 66.5 Å². The van der Waals surface area contributed by atoms with Crippen LogP contribution < -0.4 is 5.32 Å². The maximum Gasteiger partial charge on any atom is 0.236 e. The van der Waals surface area contributed by atoms with Crippen LogP contribution in [0.4, 0.5) is 0 Å². The first-order valence-corrected chi connectivity index (χ1v) is 7.00. The van der Waals surface area contributed by atoms with Crippen LogP contribution in [-0.4, -0.2) is 87.1 Å². The number of nitrogens with zero attached hydrogens (tertiary/aromatic N) is 3. The highest BCUT2D eigenvalue weighted by molar-refractivity contribution is 5.78. The quantitative estimate of drug-likeness (QED) is 0.720. The molecule has 5 heteroatoms. The van der Waals surface area contributed by atoms with Gasteiger partial charge in [-0.1, -0.05) is 0 Å². The van der Waals surface area contributed by atoms with Crippen molar-refractivity contribution in [2.45, 2.75) is 6.42 Å². The molecule has 1 N–H and O–H groups in total. The average Bonchev–Trinajstić information content (AvgIpc) is 2.76. The first-order valence-electron chi connectivity index (χ1n) is 7.00. The minimum absolute atomic E-state index is 0.270. The molecule has 0 bridgehead atoms. The summed E-state index contributed by atoms with van der Waals surface area (Å²) >= 11 is 0. The fraction of sp³-hybridized carbons (Fsp3) is 0.923. The molecule has 0 aromatic carbocycles. The van der Waals surface area contributed by atoms with E-state index in [2.05, 4.69) is 22.2 Å². The van der Waals surface area contributed by atoms with Gasteiger partial charge in [0.25, 0.3) is 0 Å². The van der Waals surface area contributed by atoms with Gasteiger partial charge < -0.3 is 15.1 Å². The van der Waals surface area contributed by atoms with E-state index in [-0.39, 0.29) is 5.91 Å². The summed E-state index contributed by atoms with van der Waals surface area (Å²) in [5.41, 5.74) is 0. The van der Waals surface area contributed by atoms with Crippen molar-refractivity contribution in [3.63, 3.8) is 0 Å². The Hall–Kier alpha value is -0.650. The number of hydrogen-bond donors (Lipinski definition) is 1. The number of hydrogen-bond acceptors (Lipinski definition) is 4. The molecule has 2 rings (SSSR count). The molecular weight excluding hydrogens is 228 g/mol. The third-order valence-corrected chi connectivity index (χ3v) is 4.02. The minimum atomic E-state index is 0.270. The second-order valence-electron chi connectivity index (χ2n) is 5.72. The lowest BCUT2D eigenvalue weighted by Crippen LogP contribution is -2.48. The van der Waals surface area contributed by atoms with Crippen LogP contribution >= 0.6 is 0 Å². The minimum Gasteiger partial charge on any atom is -0.344 e. The molecule has 0 aromatic rings. The summed E-state index contributed by atoms with van der Waals surface area (Å²) in [6, 6.07) is 0. The molecule has 0 aromatic heterocycles. The topological polar surface area (TPSA) is 38.8 Å². The van der Waals surface area contributed by atoms with Crippen molar-refractivity contribution in [1.29, 1.82) is 0 Å². The van der Waals surface area contributed by atoms with E-state index in [1.165, 1.54) is 13.0 Å². The summed E-state index contributed by atoms with van der Waals surface area (Å²) in [7, 11) is 4.10. The Labute approximate surface area is 110 Å². The number of amides is 1. The van der Waals surface area contributed by atoms with Crippen LogP contribution in [0, 0.1) is 5.92 Å². The summed E-state index contributed by atoms with van der Waals surface area (Å²) in [6.45, 7) is 7.79. The molecule has 18 heavy (non-hydrogen) atoms. The van der Waals surface area contributed by atoms with Crippen LogP contribution in [0.1, 0.15) is 6.42 Å². The molecular formula is C13H26N4O. The monoisotopic (exact) mass is 254 g/mol. The summed E-state index contributed by atoms with van der Waals surface area (Å²) < 4.78 is 0. The third kappa shape index (κ3) is 3.93. The van der Waals surface area contributed by atoms with E-state index in [0.717, 1.165) is 39.3 Å². The normalized spacial score (nSPS) is 26.4. The number of nitrogens with one attached hydrogen (secondary N) is 1. The lowest BCUT2D eigenvalue weighted by molar-refractivity contribution is -0.131. The van der Waals surface area contributed by atoms with Gasteiger partial charge in [-0.25, -0.2) is 0 Å². The first kappa shape index (κ1) is 13.8. The summed E-state index contributed by atoms with van der Waals surface area (Å²) in [6.07, 6.45) is 1.22. The van der Waals surface area contributed by atoms with Crippen molar-refractivity contribution in [1.82, 2.24) is 20.0 Å². The fourth-order valence-corrected chi connectivity index (χ4v) is 2.85. The summed E-state index contributed by atoms with van der Waals surface area (Å²) in [5.74, 6) is 0.929. The molecule has 1 atom stereocenters. The standard InChI is InChI=1S/C13H26N4O/c1-15-6-3-12(9-15)10-16(2)13(18)11-17-7-4-14-5-8-17/h12,14H,3-11H2,1-2H3. The molecule has 2 fully saturated rings. The second-order valence-corrected chi connectivity index (χ2v) is 5.72. The number of carbonyl (C=O) groups excluding carboxylic acids is 1.